The Kier molecular flexibility index (Phi) is 2.26. The molecule has 0 bridgehead atoms. The molecular weight excluding hydrogens is 126 g/mol. The fourth-order valence-corrected chi connectivity index (χ4v) is 0.697. The Balaban J connectivity index is 2.59. The number of hydrogen-bond donors (Lipinski definition) is 0. The minimum Gasteiger partial charge on any atom is -0.269 e. The molecule has 0 aliphatic rings. The molecule has 0 aromatic carbocycles. The summed E-state index contributed by atoms with van der Waals surface area (Å²) in [5, 5.41) is 0. The van der Waals surface area contributed by atoms with Crippen molar-refractivity contribution in [2.45, 2.75) is 20.0 Å². The van der Waals surface area contributed by atoms with Gasteiger partial charge >= 0.3 is 0 Å². The second kappa shape index (κ2) is 3.20. The molecule has 0 atom stereocenters. The van der Waals surface area contributed by atoms with E-state index < -0.39 is 0 Å². The molecule has 0 unspecified atom stereocenters. The van der Waals surface area contributed by atoms with Crippen LogP contribution in [0, 0.1) is 0 Å². The second-order valence-electron chi connectivity index (χ2n) is 2.39. The fraction of sp³-hybridized carbons (Fsp3) is 0.375. The molecule has 1 rings (SSSR count). The highest BCUT2D eigenvalue weighted by molar-refractivity contribution is 4.83. The third-order valence-electron chi connectivity index (χ3n) is 1.02. The molecule has 54 valence electrons. The van der Waals surface area contributed by atoms with Crippen LogP contribution in [0.5, 0.6) is 0 Å². The van der Waals surface area contributed by atoms with Crippen molar-refractivity contribution < 1.29 is 9.57 Å². The Hall–Kier alpha value is -1.05. The van der Waals surface area contributed by atoms with Crippen molar-refractivity contribution in [3.05, 3.63) is 30.6 Å². The van der Waals surface area contributed by atoms with Gasteiger partial charge in [-0.05, 0) is 13.8 Å². The van der Waals surface area contributed by atoms with Crippen molar-refractivity contribution in [1.29, 1.82) is 0 Å². The smallest absolute Gasteiger partial charge is 0.222 e. The van der Waals surface area contributed by atoms with E-state index in [-0.39, 0.29) is 6.10 Å². The van der Waals surface area contributed by atoms with Crippen molar-refractivity contribution in [3.63, 3.8) is 0 Å². The third-order valence-corrected chi connectivity index (χ3v) is 1.02. The standard InChI is InChI=1S/C8H12NO/c1-8(2)10-9-6-4-3-5-7-9/h3-8H,1-2H3/q+1. The van der Waals surface area contributed by atoms with Gasteiger partial charge in [0.2, 0.25) is 12.4 Å². The topological polar surface area (TPSA) is 13.1 Å². The summed E-state index contributed by atoms with van der Waals surface area (Å²) in [6.07, 6.45) is 3.98. The minimum absolute atomic E-state index is 0.229. The number of hydrogen-bond acceptors (Lipinski definition) is 1. The molecule has 0 spiro atoms. The van der Waals surface area contributed by atoms with Crippen LogP contribution < -0.4 is 9.57 Å². The molecule has 0 aliphatic carbocycles. The monoisotopic (exact) mass is 138 g/mol. The summed E-state index contributed by atoms with van der Waals surface area (Å²) in [5.41, 5.74) is 0. The Morgan fingerprint density at radius 1 is 1.10 bits per heavy atom. The van der Waals surface area contributed by atoms with Crippen molar-refractivity contribution >= 4 is 0 Å². The van der Waals surface area contributed by atoms with Gasteiger partial charge in [-0.3, -0.25) is 4.84 Å². The maximum Gasteiger partial charge on any atom is 0.222 e. The highest BCUT2D eigenvalue weighted by atomic mass is 16.7. The van der Waals surface area contributed by atoms with E-state index in [1.807, 2.05) is 44.4 Å². The highest BCUT2D eigenvalue weighted by Gasteiger charge is 2.00. The SMILES string of the molecule is CC(C)O[n+]1ccccc1. The summed E-state index contributed by atoms with van der Waals surface area (Å²) in [7, 11) is 0. The molecule has 10 heavy (non-hydrogen) atoms. The van der Waals surface area contributed by atoms with Crippen LogP contribution in [0.2, 0.25) is 0 Å². The first-order valence-corrected chi connectivity index (χ1v) is 3.42. The Bertz CT molecular complexity index is 184. The molecule has 0 saturated carbocycles. The van der Waals surface area contributed by atoms with Crippen molar-refractivity contribution in [3.8, 4) is 0 Å². The van der Waals surface area contributed by atoms with Gasteiger partial charge in [-0.2, -0.15) is 0 Å². The van der Waals surface area contributed by atoms with Crippen LogP contribution >= 0.6 is 0 Å². The minimum atomic E-state index is 0.229. The Labute approximate surface area is 61.0 Å². The molecule has 0 radical (unpaired) electrons. The zero-order chi connectivity index (χ0) is 7.40. The first-order chi connectivity index (χ1) is 4.79. The summed E-state index contributed by atoms with van der Waals surface area (Å²) in [5.74, 6) is 0. The average Bonchev–Trinajstić information content (AvgIpc) is 1.88. The normalized spacial score (nSPS) is 9.90. The van der Waals surface area contributed by atoms with Crippen LogP contribution in [-0.2, 0) is 0 Å². The molecular formula is C8H12NO+. The Morgan fingerprint density at radius 3 is 2.20 bits per heavy atom. The van der Waals surface area contributed by atoms with E-state index in [4.69, 9.17) is 4.84 Å². The summed E-state index contributed by atoms with van der Waals surface area (Å²) in [6.45, 7) is 4.00. The van der Waals surface area contributed by atoms with Gasteiger partial charge in [0.05, 0.1) is 0 Å². The maximum absolute atomic E-state index is 5.33. The van der Waals surface area contributed by atoms with Gasteiger partial charge in [0.1, 0.15) is 0 Å². The lowest BCUT2D eigenvalue weighted by Gasteiger charge is -1.98. The summed E-state index contributed by atoms with van der Waals surface area (Å²) in [4.78, 5) is 5.33. The van der Waals surface area contributed by atoms with E-state index in [1.165, 1.54) is 0 Å². The van der Waals surface area contributed by atoms with Crippen LogP contribution in [0.1, 0.15) is 13.8 Å². The van der Waals surface area contributed by atoms with E-state index >= 15 is 0 Å². The van der Waals surface area contributed by atoms with Crippen molar-refractivity contribution in [2.24, 2.45) is 0 Å². The molecule has 1 aromatic rings. The number of pyridine rings is 1. The first-order valence-electron chi connectivity index (χ1n) is 3.42. The number of aromatic nitrogens is 1. The van der Waals surface area contributed by atoms with Crippen molar-refractivity contribution in [2.75, 3.05) is 0 Å². The lowest BCUT2D eigenvalue weighted by atomic mass is 10.5. The molecule has 1 heterocycles. The predicted molar refractivity (Wildman–Crippen MR) is 38.4 cm³/mol. The van der Waals surface area contributed by atoms with Crippen LogP contribution in [0.4, 0.5) is 0 Å². The van der Waals surface area contributed by atoms with Gasteiger partial charge in [-0.15, -0.1) is 0 Å². The van der Waals surface area contributed by atoms with E-state index in [0.717, 1.165) is 0 Å². The van der Waals surface area contributed by atoms with E-state index in [1.54, 1.807) is 4.73 Å². The molecule has 0 saturated heterocycles. The lowest BCUT2D eigenvalue weighted by Crippen LogP contribution is -2.44. The van der Waals surface area contributed by atoms with Crippen LogP contribution in [0.25, 0.3) is 0 Å². The summed E-state index contributed by atoms with van der Waals surface area (Å²) >= 11 is 0. The van der Waals surface area contributed by atoms with E-state index in [2.05, 4.69) is 0 Å². The van der Waals surface area contributed by atoms with Gasteiger partial charge in [0.15, 0.2) is 6.10 Å². The van der Waals surface area contributed by atoms with E-state index in [0.29, 0.717) is 0 Å². The molecule has 0 amide bonds. The summed E-state index contributed by atoms with van der Waals surface area (Å²) < 4.78 is 1.70. The Morgan fingerprint density at radius 2 is 1.70 bits per heavy atom. The molecule has 2 heteroatoms. The second-order valence-corrected chi connectivity index (χ2v) is 2.39. The number of rotatable bonds is 2. The molecule has 0 fully saturated rings. The summed E-state index contributed by atoms with van der Waals surface area (Å²) in [6, 6.07) is 5.82. The average molecular weight is 138 g/mol. The quantitative estimate of drug-likeness (QED) is 0.551. The van der Waals surface area contributed by atoms with Gasteiger partial charge in [0, 0.05) is 16.9 Å². The fourth-order valence-electron chi connectivity index (χ4n) is 0.697. The van der Waals surface area contributed by atoms with Gasteiger partial charge in [0.25, 0.3) is 0 Å². The lowest BCUT2D eigenvalue weighted by molar-refractivity contribution is -0.897. The van der Waals surface area contributed by atoms with Gasteiger partial charge in [-0.1, -0.05) is 6.07 Å². The highest BCUT2D eigenvalue weighted by Crippen LogP contribution is 1.78. The van der Waals surface area contributed by atoms with E-state index in [9.17, 15) is 0 Å². The third kappa shape index (κ3) is 2.05. The van der Waals surface area contributed by atoms with Crippen LogP contribution in [0.3, 0.4) is 0 Å². The van der Waals surface area contributed by atoms with Crippen LogP contribution in [-0.4, -0.2) is 6.10 Å². The first kappa shape index (κ1) is 7.06. The zero-order valence-electron chi connectivity index (χ0n) is 6.32. The van der Waals surface area contributed by atoms with Crippen LogP contribution in [0.15, 0.2) is 30.6 Å². The van der Waals surface area contributed by atoms with Gasteiger partial charge in [-0.25, -0.2) is 0 Å². The molecule has 0 aliphatic heterocycles. The maximum atomic E-state index is 5.33. The molecule has 1 aromatic heterocycles. The molecule has 2 nitrogen and oxygen atoms in total. The zero-order valence-corrected chi connectivity index (χ0v) is 6.32. The van der Waals surface area contributed by atoms with Gasteiger partial charge < -0.3 is 0 Å². The largest absolute Gasteiger partial charge is 0.269 e. The molecule has 0 N–H and O–H groups in total. The number of nitrogens with zero attached hydrogens (tertiary/aromatic N) is 1. The predicted octanol–water partition coefficient (Wildman–Crippen LogP) is 0.811. The van der Waals surface area contributed by atoms with Crippen molar-refractivity contribution in [1.82, 2.24) is 0 Å².